The normalized spacial score (nSPS) is 13.6. The summed E-state index contributed by atoms with van der Waals surface area (Å²) in [4.78, 5) is 5.15. The highest BCUT2D eigenvalue weighted by Gasteiger charge is 2.24. The molecule has 2 heterocycles. The van der Waals surface area contributed by atoms with Crippen LogP contribution in [0.4, 0.5) is 0 Å². The molecule has 20 heavy (non-hydrogen) atoms. The fourth-order valence-corrected chi connectivity index (χ4v) is 4.05. The first-order chi connectivity index (χ1) is 9.33. The van der Waals surface area contributed by atoms with Crippen molar-refractivity contribution in [3.63, 3.8) is 0 Å². The van der Waals surface area contributed by atoms with Gasteiger partial charge in [0.1, 0.15) is 12.4 Å². The summed E-state index contributed by atoms with van der Waals surface area (Å²) in [6.45, 7) is 5.15. The zero-order chi connectivity index (χ0) is 14.9. The molecule has 0 saturated carbocycles. The highest BCUT2D eigenvalue weighted by molar-refractivity contribution is 7.89. The second kappa shape index (κ2) is 5.65. The summed E-state index contributed by atoms with van der Waals surface area (Å²) in [6, 6.07) is 2.36. The van der Waals surface area contributed by atoms with Crippen LogP contribution in [-0.2, 0) is 16.6 Å². The van der Waals surface area contributed by atoms with Gasteiger partial charge >= 0.3 is 0 Å². The van der Waals surface area contributed by atoms with E-state index in [2.05, 4.69) is 9.71 Å². The van der Waals surface area contributed by atoms with Gasteiger partial charge in [-0.15, -0.1) is 11.3 Å². The number of hydrogen-bond acceptors (Lipinski definition) is 6. The first kappa shape index (κ1) is 15.2. The third-order valence-corrected chi connectivity index (χ3v) is 5.39. The molecule has 8 heteroatoms. The Morgan fingerprint density at radius 2 is 2.15 bits per heavy atom. The van der Waals surface area contributed by atoms with Crippen molar-refractivity contribution < 1.29 is 17.9 Å². The molecule has 0 fully saturated rings. The molecule has 1 unspecified atom stereocenters. The van der Waals surface area contributed by atoms with E-state index in [0.717, 1.165) is 15.6 Å². The summed E-state index contributed by atoms with van der Waals surface area (Å²) in [7, 11) is -3.75. The van der Waals surface area contributed by atoms with Crippen molar-refractivity contribution in [2.45, 2.75) is 38.5 Å². The SMILES string of the molecule is Cc1nc(C)c(C(C)NS(=O)(=O)c2ccc(CO)o2)s1. The summed E-state index contributed by atoms with van der Waals surface area (Å²) < 4.78 is 31.9. The Hall–Kier alpha value is -1.22. The minimum absolute atomic E-state index is 0.202. The quantitative estimate of drug-likeness (QED) is 0.878. The number of aliphatic hydroxyl groups excluding tert-OH is 1. The average molecular weight is 316 g/mol. The van der Waals surface area contributed by atoms with E-state index in [0.29, 0.717) is 0 Å². The highest BCUT2D eigenvalue weighted by atomic mass is 32.2. The molecule has 0 saturated heterocycles. The Morgan fingerprint density at radius 3 is 2.65 bits per heavy atom. The van der Waals surface area contributed by atoms with Gasteiger partial charge in [0.25, 0.3) is 10.0 Å². The largest absolute Gasteiger partial charge is 0.446 e. The molecular formula is C12H16N2O4S2. The van der Waals surface area contributed by atoms with Gasteiger partial charge in [0.05, 0.1) is 16.7 Å². The summed E-state index contributed by atoms with van der Waals surface area (Å²) in [5.41, 5.74) is 0.818. The molecule has 0 aliphatic rings. The van der Waals surface area contributed by atoms with Gasteiger partial charge in [-0.3, -0.25) is 0 Å². The van der Waals surface area contributed by atoms with E-state index in [1.165, 1.54) is 23.5 Å². The van der Waals surface area contributed by atoms with Gasteiger partial charge in [-0.1, -0.05) is 0 Å². The van der Waals surface area contributed by atoms with E-state index in [-0.39, 0.29) is 17.5 Å². The molecule has 0 spiro atoms. The van der Waals surface area contributed by atoms with Gasteiger partial charge in [-0.25, -0.2) is 18.1 Å². The Labute approximate surface area is 121 Å². The number of nitrogens with zero attached hydrogens (tertiary/aromatic N) is 1. The number of thiazole rings is 1. The van der Waals surface area contributed by atoms with Gasteiger partial charge < -0.3 is 9.52 Å². The number of aryl methyl sites for hydroxylation is 2. The second-order valence-corrected chi connectivity index (χ2v) is 7.28. The van der Waals surface area contributed by atoms with Crippen LogP contribution in [0.5, 0.6) is 0 Å². The fourth-order valence-electron chi connectivity index (χ4n) is 1.88. The maximum absolute atomic E-state index is 12.2. The van der Waals surface area contributed by atoms with E-state index in [4.69, 9.17) is 9.52 Å². The molecule has 0 aliphatic carbocycles. The third kappa shape index (κ3) is 3.09. The molecule has 6 nitrogen and oxygen atoms in total. The first-order valence-corrected chi connectivity index (χ1v) is 8.29. The maximum Gasteiger partial charge on any atom is 0.274 e. The predicted molar refractivity (Wildman–Crippen MR) is 75.0 cm³/mol. The van der Waals surface area contributed by atoms with Crippen LogP contribution in [0.2, 0.25) is 0 Å². The van der Waals surface area contributed by atoms with E-state index in [1.54, 1.807) is 6.92 Å². The Bertz CT molecular complexity index is 703. The molecule has 0 radical (unpaired) electrons. The monoisotopic (exact) mass is 316 g/mol. The van der Waals surface area contributed by atoms with Gasteiger partial charge in [0, 0.05) is 4.88 Å². The van der Waals surface area contributed by atoms with Crippen LogP contribution in [0.15, 0.2) is 21.6 Å². The average Bonchev–Trinajstić information content (AvgIpc) is 2.95. The molecule has 0 aromatic carbocycles. The van der Waals surface area contributed by atoms with Crippen LogP contribution in [0.3, 0.4) is 0 Å². The number of nitrogens with one attached hydrogen (secondary N) is 1. The van der Waals surface area contributed by atoms with Crippen LogP contribution < -0.4 is 4.72 Å². The van der Waals surface area contributed by atoms with Gasteiger partial charge in [0.15, 0.2) is 0 Å². The van der Waals surface area contributed by atoms with Crippen molar-refractivity contribution in [3.05, 3.63) is 33.5 Å². The molecule has 0 bridgehead atoms. The lowest BCUT2D eigenvalue weighted by molar-refractivity contribution is 0.236. The van der Waals surface area contributed by atoms with Gasteiger partial charge in [-0.2, -0.15) is 0 Å². The minimum Gasteiger partial charge on any atom is -0.446 e. The molecule has 2 N–H and O–H groups in total. The molecule has 2 aromatic heterocycles. The van der Waals surface area contributed by atoms with Gasteiger partial charge in [-0.05, 0) is 32.9 Å². The smallest absolute Gasteiger partial charge is 0.274 e. The van der Waals surface area contributed by atoms with Crippen molar-refractivity contribution in [2.24, 2.45) is 0 Å². The maximum atomic E-state index is 12.2. The lowest BCUT2D eigenvalue weighted by Crippen LogP contribution is -2.26. The molecule has 0 amide bonds. The third-order valence-electron chi connectivity index (χ3n) is 2.72. The Kier molecular flexibility index (Phi) is 4.28. The number of aliphatic hydroxyl groups is 1. The Morgan fingerprint density at radius 1 is 1.45 bits per heavy atom. The predicted octanol–water partition coefficient (Wildman–Crippen LogP) is 1.88. The number of furan rings is 1. The Balaban J connectivity index is 2.21. The highest BCUT2D eigenvalue weighted by Crippen LogP contribution is 2.26. The van der Waals surface area contributed by atoms with Crippen molar-refractivity contribution in [1.29, 1.82) is 0 Å². The van der Waals surface area contributed by atoms with E-state index < -0.39 is 16.1 Å². The lowest BCUT2D eigenvalue weighted by atomic mass is 10.2. The first-order valence-electron chi connectivity index (χ1n) is 5.99. The molecule has 0 aliphatic heterocycles. The van der Waals surface area contributed by atoms with Crippen molar-refractivity contribution in [3.8, 4) is 0 Å². The second-order valence-electron chi connectivity index (χ2n) is 4.40. The van der Waals surface area contributed by atoms with Crippen LogP contribution >= 0.6 is 11.3 Å². The molecule has 1 atom stereocenters. The van der Waals surface area contributed by atoms with Crippen molar-refractivity contribution in [1.82, 2.24) is 9.71 Å². The summed E-state index contributed by atoms with van der Waals surface area (Å²) in [6.07, 6.45) is 0. The summed E-state index contributed by atoms with van der Waals surface area (Å²) in [5, 5.41) is 9.59. The van der Waals surface area contributed by atoms with E-state index in [9.17, 15) is 8.42 Å². The number of aromatic nitrogens is 1. The molecule has 2 rings (SSSR count). The summed E-state index contributed by atoms with van der Waals surface area (Å²) >= 11 is 1.46. The number of rotatable bonds is 5. The standard InChI is InChI=1S/C12H16N2O4S2/c1-7-12(19-9(3)13-7)8(2)14-20(16,17)11-5-4-10(6-15)18-11/h4-5,8,14-15H,6H2,1-3H3. The summed E-state index contributed by atoms with van der Waals surface area (Å²) in [5.74, 6) is 0.211. The molecule has 2 aromatic rings. The van der Waals surface area contributed by atoms with Crippen LogP contribution in [-0.4, -0.2) is 18.5 Å². The van der Waals surface area contributed by atoms with Crippen LogP contribution in [0.25, 0.3) is 0 Å². The van der Waals surface area contributed by atoms with Crippen LogP contribution in [0.1, 0.15) is 34.3 Å². The number of sulfonamides is 1. The zero-order valence-electron chi connectivity index (χ0n) is 11.4. The van der Waals surface area contributed by atoms with Crippen molar-refractivity contribution in [2.75, 3.05) is 0 Å². The van der Waals surface area contributed by atoms with Crippen molar-refractivity contribution >= 4 is 21.4 Å². The zero-order valence-corrected chi connectivity index (χ0v) is 13.0. The minimum atomic E-state index is -3.75. The van der Waals surface area contributed by atoms with Gasteiger partial charge in [0.2, 0.25) is 5.09 Å². The number of hydrogen-bond donors (Lipinski definition) is 2. The van der Waals surface area contributed by atoms with E-state index >= 15 is 0 Å². The van der Waals surface area contributed by atoms with E-state index in [1.807, 2.05) is 13.8 Å². The lowest BCUT2D eigenvalue weighted by Gasteiger charge is -2.11. The fraction of sp³-hybridized carbons (Fsp3) is 0.417. The molecule has 110 valence electrons. The molecular weight excluding hydrogens is 300 g/mol. The van der Waals surface area contributed by atoms with Crippen LogP contribution in [0, 0.1) is 13.8 Å². The topological polar surface area (TPSA) is 92.4 Å².